The molecule has 2 nitrogen and oxygen atoms in total. The molecule has 0 amide bonds. The molecule has 0 bridgehead atoms. The fourth-order valence-corrected chi connectivity index (χ4v) is 2.65. The van der Waals surface area contributed by atoms with Crippen LogP contribution in [0.15, 0.2) is 24.3 Å². The van der Waals surface area contributed by atoms with Gasteiger partial charge in [0.1, 0.15) is 0 Å². The van der Waals surface area contributed by atoms with E-state index in [9.17, 15) is 0 Å². The van der Waals surface area contributed by atoms with Gasteiger partial charge in [-0.2, -0.15) is 0 Å². The van der Waals surface area contributed by atoms with E-state index in [0.29, 0.717) is 12.6 Å². The molecular weight excluding hydrogens is 232 g/mol. The minimum atomic E-state index is 0.424. The van der Waals surface area contributed by atoms with Crippen LogP contribution in [0.2, 0.25) is 0 Å². The van der Waals surface area contributed by atoms with Gasteiger partial charge >= 0.3 is 0 Å². The van der Waals surface area contributed by atoms with Crippen molar-refractivity contribution in [3.8, 4) is 11.8 Å². The van der Waals surface area contributed by atoms with Gasteiger partial charge in [0, 0.05) is 18.2 Å². The maximum Gasteiger partial charge on any atom is 0.0555 e. The Morgan fingerprint density at radius 2 is 2.00 bits per heavy atom. The summed E-state index contributed by atoms with van der Waals surface area (Å²) >= 11 is 0. The Kier molecular flexibility index (Phi) is 5.44. The van der Waals surface area contributed by atoms with Crippen molar-refractivity contribution in [3.05, 3.63) is 35.4 Å². The first-order valence-corrected chi connectivity index (χ1v) is 7.31. The third kappa shape index (κ3) is 4.38. The quantitative estimate of drug-likeness (QED) is 0.824. The first-order chi connectivity index (χ1) is 9.29. The maximum absolute atomic E-state index is 5.38. The maximum atomic E-state index is 5.38. The summed E-state index contributed by atoms with van der Waals surface area (Å²) in [5.41, 5.74) is 7.82. The van der Waals surface area contributed by atoms with Crippen molar-refractivity contribution in [3.63, 3.8) is 0 Å². The van der Waals surface area contributed by atoms with E-state index >= 15 is 0 Å². The van der Waals surface area contributed by atoms with Gasteiger partial charge in [-0.15, -0.1) is 0 Å². The first-order valence-electron chi connectivity index (χ1n) is 7.31. The number of nitrogens with two attached hydrogens (primary N) is 1. The fraction of sp³-hybridized carbons (Fsp3) is 0.529. The molecule has 1 aliphatic rings. The van der Waals surface area contributed by atoms with Gasteiger partial charge in [-0.25, -0.2) is 0 Å². The van der Waals surface area contributed by atoms with Crippen LogP contribution in [0.1, 0.15) is 43.7 Å². The smallest absolute Gasteiger partial charge is 0.0555 e. The van der Waals surface area contributed by atoms with E-state index in [1.165, 1.54) is 37.8 Å². The van der Waals surface area contributed by atoms with Gasteiger partial charge in [0.25, 0.3) is 0 Å². The predicted molar refractivity (Wildman–Crippen MR) is 80.7 cm³/mol. The number of hydrogen-bond acceptors (Lipinski definition) is 2. The lowest BCUT2D eigenvalue weighted by atomic mass is 10.1. The summed E-state index contributed by atoms with van der Waals surface area (Å²) in [5.74, 6) is 5.95. The zero-order valence-electron chi connectivity index (χ0n) is 11.9. The van der Waals surface area contributed by atoms with Crippen LogP contribution >= 0.6 is 0 Å². The highest BCUT2D eigenvalue weighted by Crippen LogP contribution is 2.19. The average molecular weight is 256 g/mol. The third-order valence-electron chi connectivity index (χ3n) is 3.86. The van der Waals surface area contributed by atoms with Crippen molar-refractivity contribution in [2.24, 2.45) is 5.73 Å². The molecule has 2 heteroatoms. The van der Waals surface area contributed by atoms with Crippen LogP contribution in [0, 0.1) is 11.8 Å². The van der Waals surface area contributed by atoms with E-state index in [1.807, 2.05) is 0 Å². The molecule has 2 rings (SSSR count). The Morgan fingerprint density at radius 3 is 2.74 bits per heavy atom. The van der Waals surface area contributed by atoms with Gasteiger partial charge in [0.05, 0.1) is 6.54 Å². The topological polar surface area (TPSA) is 29.3 Å². The SMILES string of the molecule is CC1CCCCCN1Cc1ccc(C#CCN)cc1. The number of nitrogens with zero attached hydrogens (tertiary/aromatic N) is 1. The molecule has 0 aromatic heterocycles. The molecule has 1 heterocycles. The average Bonchev–Trinajstić information content (AvgIpc) is 2.63. The van der Waals surface area contributed by atoms with Crippen LogP contribution in [0.4, 0.5) is 0 Å². The van der Waals surface area contributed by atoms with E-state index in [4.69, 9.17) is 5.73 Å². The van der Waals surface area contributed by atoms with Gasteiger partial charge in [0.2, 0.25) is 0 Å². The normalized spacial score (nSPS) is 20.4. The van der Waals surface area contributed by atoms with E-state index in [-0.39, 0.29) is 0 Å². The molecule has 1 saturated heterocycles. The number of likely N-dealkylation sites (tertiary alicyclic amines) is 1. The molecule has 1 aromatic carbocycles. The lowest BCUT2D eigenvalue weighted by Crippen LogP contribution is -2.31. The second kappa shape index (κ2) is 7.33. The Hall–Kier alpha value is -1.30. The van der Waals surface area contributed by atoms with Crippen LogP contribution in [-0.4, -0.2) is 24.0 Å². The van der Waals surface area contributed by atoms with Crippen LogP contribution in [0.25, 0.3) is 0 Å². The second-order valence-corrected chi connectivity index (χ2v) is 5.37. The van der Waals surface area contributed by atoms with E-state index in [2.05, 4.69) is 47.9 Å². The molecule has 1 unspecified atom stereocenters. The molecule has 0 spiro atoms. The number of benzene rings is 1. The molecule has 19 heavy (non-hydrogen) atoms. The molecule has 1 aromatic rings. The summed E-state index contributed by atoms with van der Waals surface area (Å²) in [7, 11) is 0. The van der Waals surface area contributed by atoms with Crippen LogP contribution in [0.3, 0.4) is 0 Å². The highest BCUT2D eigenvalue weighted by Gasteiger charge is 2.16. The summed E-state index contributed by atoms with van der Waals surface area (Å²) < 4.78 is 0. The third-order valence-corrected chi connectivity index (χ3v) is 3.86. The molecule has 1 atom stereocenters. The molecule has 0 radical (unpaired) electrons. The van der Waals surface area contributed by atoms with Crippen molar-refractivity contribution >= 4 is 0 Å². The van der Waals surface area contributed by atoms with Crippen molar-refractivity contribution in [1.82, 2.24) is 4.90 Å². The van der Waals surface area contributed by atoms with Crippen LogP contribution < -0.4 is 5.73 Å². The molecule has 1 fully saturated rings. The van der Waals surface area contributed by atoms with Crippen molar-refractivity contribution < 1.29 is 0 Å². The Labute approximate surface area is 117 Å². The zero-order chi connectivity index (χ0) is 13.5. The summed E-state index contributed by atoms with van der Waals surface area (Å²) in [6, 6.07) is 9.29. The minimum absolute atomic E-state index is 0.424. The number of rotatable bonds is 2. The Balaban J connectivity index is 1.98. The summed E-state index contributed by atoms with van der Waals surface area (Å²) in [4.78, 5) is 2.60. The zero-order valence-corrected chi connectivity index (χ0v) is 11.9. The van der Waals surface area contributed by atoms with E-state index in [1.54, 1.807) is 0 Å². The van der Waals surface area contributed by atoms with Gasteiger partial charge in [-0.05, 0) is 44.0 Å². The lowest BCUT2D eigenvalue weighted by molar-refractivity contribution is 0.205. The van der Waals surface area contributed by atoms with Gasteiger partial charge < -0.3 is 5.73 Å². The van der Waals surface area contributed by atoms with Crippen LogP contribution in [0.5, 0.6) is 0 Å². The highest BCUT2D eigenvalue weighted by atomic mass is 15.1. The standard InChI is InChI=1S/C17H24N2/c1-15-6-3-2-4-13-19(15)14-17-10-8-16(9-11-17)7-5-12-18/h8-11,15H,2-4,6,12-14,18H2,1H3. The molecule has 102 valence electrons. The van der Waals surface area contributed by atoms with Gasteiger partial charge in [-0.3, -0.25) is 4.90 Å². The molecule has 1 aliphatic heterocycles. The lowest BCUT2D eigenvalue weighted by Gasteiger charge is -2.26. The molecule has 2 N–H and O–H groups in total. The fourth-order valence-electron chi connectivity index (χ4n) is 2.65. The first kappa shape index (κ1) is 14.1. The second-order valence-electron chi connectivity index (χ2n) is 5.37. The van der Waals surface area contributed by atoms with Crippen molar-refractivity contribution in [1.29, 1.82) is 0 Å². The summed E-state index contributed by atoms with van der Waals surface area (Å²) in [6.07, 6.45) is 5.43. The van der Waals surface area contributed by atoms with Crippen molar-refractivity contribution in [2.75, 3.05) is 13.1 Å². The Bertz CT molecular complexity index is 439. The summed E-state index contributed by atoms with van der Waals surface area (Å²) in [5, 5.41) is 0. The molecule has 0 aliphatic carbocycles. The van der Waals surface area contributed by atoms with Crippen molar-refractivity contribution in [2.45, 2.75) is 45.2 Å². The largest absolute Gasteiger partial charge is 0.320 e. The van der Waals surface area contributed by atoms with Gasteiger partial charge in [0.15, 0.2) is 0 Å². The molecular formula is C17H24N2. The predicted octanol–water partition coefficient (Wildman–Crippen LogP) is 2.76. The monoisotopic (exact) mass is 256 g/mol. The van der Waals surface area contributed by atoms with Gasteiger partial charge in [-0.1, -0.05) is 36.8 Å². The minimum Gasteiger partial charge on any atom is -0.320 e. The highest BCUT2D eigenvalue weighted by molar-refractivity contribution is 5.36. The number of hydrogen-bond donors (Lipinski definition) is 1. The summed E-state index contributed by atoms with van der Waals surface area (Å²) in [6.45, 7) is 5.07. The Morgan fingerprint density at radius 1 is 1.21 bits per heavy atom. The van der Waals surface area contributed by atoms with E-state index in [0.717, 1.165) is 12.1 Å². The van der Waals surface area contributed by atoms with E-state index < -0.39 is 0 Å². The molecule has 0 saturated carbocycles. The van der Waals surface area contributed by atoms with Crippen LogP contribution in [-0.2, 0) is 6.54 Å².